The zero-order chi connectivity index (χ0) is 23.9. The van der Waals surface area contributed by atoms with Crippen LogP contribution in [0.1, 0.15) is 31.2 Å². The summed E-state index contributed by atoms with van der Waals surface area (Å²) in [4.78, 5) is 27.0. The topological polar surface area (TPSA) is 87.3 Å². The number of carbonyl (C=O) groups is 2. The van der Waals surface area contributed by atoms with Crippen molar-refractivity contribution in [3.8, 4) is 5.75 Å². The first-order valence-electron chi connectivity index (χ1n) is 11.1. The maximum absolute atomic E-state index is 13.5. The summed E-state index contributed by atoms with van der Waals surface area (Å²) >= 11 is 0. The van der Waals surface area contributed by atoms with Gasteiger partial charge in [-0.05, 0) is 55.5 Å². The van der Waals surface area contributed by atoms with E-state index in [1.165, 1.54) is 4.90 Å². The van der Waals surface area contributed by atoms with Crippen LogP contribution in [0.4, 0.5) is 18.9 Å². The number of anilines is 1. The summed E-state index contributed by atoms with van der Waals surface area (Å²) in [5.74, 6) is -0.353. The van der Waals surface area contributed by atoms with Crippen LogP contribution in [0.25, 0.3) is 10.9 Å². The summed E-state index contributed by atoms with van der Waals surface area (Å²) in [6.07, 6.45) is -0.519. The van der Waals surface area contributed by atoms with Crippen molar-refractivity contribution >= 4 is 28.4 Å². The van der Waals surface area contributed by atoms with Crippen molar-refractivity contribution in [1.82, 2.24) is 15.5 Å². The Labute approximate surface area is 193 Å². The maximum Gasteiger partial charge on any atom is 0.405 e. The second-order valence-electron chi connectivity index (χ2n) is 8.82. The summed E-state index contributed by atoms with van der Waals surface area (Å²) in [6.45, 7) is -1.87. The highest BCUT2D eigenvalue weighted by molar-refractivity contribution is 6.10. The van der Waals surface area contributed by atoms with Gasteiger partial charge in [-0.3, -0.25) is 14.7 Å². The Hall–Kier alpha value is -3.56. The standard InChI is InChI=1S/C24H23F3N4O3/c25-24(26,27)14-28-21(32)13-31-20-4-2-1-3-18(20)23(22(31)33)9-7-16(8-10-23)34-17-5-6-19-15(11-17)12-29-30-19/h1-6,11-12,16H,7-10,13-14H2,(H,28,32)(H,29,30). The zero-order valence-electron chi connectivity index (χ0n) is 18.2. The first-order valence-corrected chi connectivity index (χ1v) is 11.1. The van der Waals surface area contributed by atoms with Gasteiger partial charge >= 0.3 is 6.18 Å². The van der Waals surface area contributed by atoms with E-state index in [9.17, 15) is 22.8 Å². The molecule has 2 aromatic carbocycles. The van der Waals surface area contributed by atoms with Gasteiger partial charge in [-0.15, -0.1) is 0 Å². The Kier molecular flexibility index (Phi) is 5.45. The van der Waals surface area contributed by atoms with Gasteiger partial charge in [0.15, 0.2) is 0 Å². The molecule has 178 valence electrons. The smallest absolute Gasteiger partial charge is 0.405 e. The number of aromatic amines is 1. The quantitative estimate of drug-likeness (QED) is 0.591. The Morgan fingerprint density at radius 2 is 1.97 bits per heavy atom. The zero-order valence-corrected chi connectivity index (χ0v) is 18.2. The molecule has 2 heterocycles. The van der Waals surface area contributed by atoms with Gasteiger partial charge in [0.1, 0.15) is 18.8 Å². The molecule has 1 spiro atoms. The molecular weight excluding hydrogens is 449 g/mol. The van der Waals surface area contributed by atoms with Crippen LogP contribution in [0.15, 0.2) is 48.7 Å². The summed E-state index contributed by atoms with van der Waals surface area (Å²) in [5.41, 5.74) is 1.53. The predicted octanol–water partition coefficient (Wildman–Crippen LogP) is 3.85. The van der Waals surface area contributed by atoms with Crippen molar-refractivity contribution in [1.29, 1.82) is 0 Å². The van der Waals surface area contributed by atoms with E-state index in [1.807, 2.05) is 35.6 Å². The van der Waals surface area contributed by atoms with Crippen molar-refractivity contribution in [3.05, 3.63) is 54.2 Å². The number of ether oxygens (including phenoxy) is 1. The van der Waals surface area contributed by atoms with E-state index in [4.69, 9.17) is 4.74 Å². The molecule has 1 fully saturated rings. The highest BCUT2D eigenvalue weighted by Crippen LogP contribution is 2.50. The SMILES string of the molecule is O=C(CN1C(=O)C2(CCC(Oc3ccc4[nH]ncc4c3)CC2)c2ccccc21)NCC(F)(F)F. The molecule has 3 aromatic rings. The van der Waals surface area contributed by atoms with Crippen LogP contribution >= 0.6 is 0 Å². The first kappa shape index (κ1) is 22.2. The largest absolute Gasteiger partial charge is 0.490 e. The minimum absolute atomic E-state index is 0.0703. The van der Waals surface area contributed by atoms with Crippen molar-refractivity contribution < 1.29 is 27.5 Å². The number of hydrogen-bond donors (Lipinski definition) is 2. The fourth-order valence-electron chi connectivity index (χ4n) is 5.02. The average molecular weight is 472 g/mol. The lowest BCUT2D eigenvalue weighted by atomic mass is 9.69. The van der Waals surface area contributed by atoms with Gasteiger partial charge in [-0.1, -0.05) is 18.2 Å². The molecule has 10 heteroatoms. The third-order valence-corrected chi connectivity index (χ3v) is 6.65. The number of carbonyl (C=O) groups excluding carboxylic acids is 2. The minimum Gasteiger partial charge on any atom is -0.490 e. The molecule has 0 radical (unpaired) electrons. The van der Waals surface area contributed by atoms with Crippen LogP contribution in [0.2, 0.25) is 0 Å². The van der Waals surface area contributed by atoms with Crippen LogP contribution in [-0.2, 0) is 15.0 Å². The molecule has 2 N–H and O–H groups in total. The highest BCUT2D eigenvalue weighted by atomic mass is 19.4. The van der Waals surface area contributed by atoms with E-state index >= 15 is 0 Å². The third-order valence-electron chi connectivity index (χ3n) is 6.65. The predicted molar refractivity (Wildman–Crippen MR) is 119 cm³/mol. The number of amides is 2. The van der Waals surface area contributed by atoms with E-state index < -0.39 is 30.6 Å². The van der Waals surface area contributed by atoms with Gasteiger partial charge in [0.05, 0.1) is 23.2 Å². The van der Waals surface area contributed by atoms with Crippen molar-refractivity contribution in [2.75, 3.05) is 18.0 Å². The molecule has 0 saturated heterocycles. The number of nitrogens with one attached hydrogen (secondary N) is 2. The molecule has 2 amide bonds. The third kappa shape index (κ3) is 4.08. The van der Waals surface area contributed by atoms with Gasteiger partial charge in [-0.25, -0.2) is 0 Å². The number of aromatic nitrogens is 2. The van der Waals surface area contributed by atoms with E-state index in [-0.39, 0.29) is 12.0 Å². The Morgan fingerprint density at radius 1 is 1.21 bits per heavy atom. The lowest BCUT2D eigenvalue weighted by molar-refractivity contribution is -0.138. The number of nitrogens with zero attached hydrogens (tertiary/aromatic N) is 2. The number of benzene rings is 2. The van der Waals surface area contributed by atoms with E-state index in [0.717, 1.165) is 22.2 Å². The van der Waals surface area contributed by atoms with Gasteiger partial charge in [0.2, 0.25) is 11.8 Å². The lowest BCUT2D eigenvalue weighted by Gasteiger charge is -2.36. The van der Waals surface area contributed by atoms with Crippen LogP contribution < -0.4 is 15.0 Å². The summed E-state index contributed by atoms with van der Waals surface area (Å²) in [7, 11) is 0. The van der Waals surface area contributed by atoms with Crippen molar-refractivity contribution in [3.63, 3.8) is 0 Å². The fourth-order valence-corrected chi connectivity index (χ4v) is 5.02. The molecule has 0 bridgehead atoms. The molecule has 1 aliphatic carbocycles. The molecule has 2 aliphatic rings. The van der Waals surface area contributed by atoms with Crippen LogP contribution in [0.3, 0.4) is 0 Å². The number of alkyl halides is 3. The number of rotatable bonds is 5. The number of halogens is 3. The second-order valence-corrected chi connectivity index (χ2v) is 8.82. The van der Waals surface area contributed by atoms with Crippen molar-refractivity contribution in [2.45, 2.75) is 43.4 Å². The van der Waals surface area contributed by atoms with E-state index in [2.05, 4.69) is 10.2 Å². The normalized spacial score (nSPS) is 22.3. The molecule has 5 rings (SSSR count). The van der Waals surface area contributed by atoms with Gasteiger partial charge in [0, 0.05) is 11.1 Å². The molecule has 1 aliphatic heterocycles. The number of fused-ring (bicyclic) bond motifs is 3. The average Bonchev–Trinajstić information content (AvgIpc) is 3.36. The van der Waals surface area contributed by atoms with E-state index in [1.54, 1.807) is 18.3 Å². The fraction of sp³-hybridized carbons (Fsp3) is 0.375. The molecule has 1 saturated carbocycles. The molecule has 0 unspecified atom stereocenters. The van der Waals surface area contributed by atoms with Gasteiger partial charge in [-0.2, -0.15) is 18.3 Å². The molecule has 0 atom stereocenters. The minimum atomic E-state index is -4.51. The monoisotopic (exact) mass is 472 g/mol. The first-order chi connectivity index (χ1) is 16.2. The van der Waals surface area contributed by atoms with Gasteiger partial charge < -0.3 is 15.0 Å². The van der Waals surface area contributed by atoms with Crippen molar-refractivity contribution in [2.24, 2.45) is 0 Å². The van der Waals surface area contributed by atoms with Gasteiger partial charge in [0.25, 0.3) is 0 Å². The molecule has 34 heavy (non-hydrogen) atoms. The summed E-state index contributed by atoms with van der Waals surface area (Å²) < 4.78 is 43.6. The van der Waals surface area contributed by atoms with E-state index in [0.29, 0.717) is 31.4 Å². The summed E-state index contributed by atoms with van der Waals surface area (Å²) in [6, 6.07) is 12.9. The summed E-state index contributed by atoms with van der Waals surface area (Å²) in [5, 5.41) is 9.71. The molecular formula is C24H23F3N4O3. The Morgan fingerprint density at radius 3 is 2.74 bits per heavy atom. The maximum atomic E-state index is 13.5. The molecule has 7 nitrogen and oxygen atoms in total. The lowest BCUT2D eigenvalue weighted by Crippen LogP contribution is -2.48. The number of hydrogen-bond acceptors (Lipinski definition) is 4. The highest BCUT2D eigenvalue weighted by Gasteiger charge is 2.52. The molecule has 1 aromatic heterocycles. The number of H-pyrrole nitrogens is 1. The second kappa shape index (κ2) is 8.34. The Balaban J connectivity index is 1.29. The Bertz CT molecular complexity index is 1230. The number of para-hydroxylation sites is 1. The van der Waals surface area contributed by atoms with Crippen LogP contribution in [-0.4, -0.2) is 47.4 Å². The van der Waals surface area contributed by atoms with Crippen LogP contribution in [0.5, 0.6) is 5.75 Å². The van der Waals surface area contributed by atoms with Crippen LogP contribution in [0, 0.1) is 0 Å².